The van der Waals surface area contributed by atoms with Crippen LogP contribution in [-0.2, 0) is 14.8 Å². The van der Waals surface area contributed by atoms with Crippen LogP contribution in [0.4, 0.5) is 10.5 Å². The van der Waals surface area contributed by atoms with Crippen molar-refractivity contribution < 1.29 is 22.7 Å². The van der Waals surface area contributed by atoms with E-state index < -0.39 is 16.1 Å². The van der Waals surface area contributed by atoms with Crippen molar-refractivity contribution in [1.29, 1.82) is 0 Å². The third-order valence-electron chi connectivity index (χ3n) is 2.15. The topological polar surface area (TPSA) is 134 Å². The molecule has 0 fully saturated rings. The molecule has 0 aliphatic rings. The van der Waals surface area contributed by atoms with E-state index in [-0.39, 0.29) is 23.8 Å². The number of hydrogen-bond acceptors (Lipinski definition) is 6. The summed E-state index contributed by atoms with van der Waals surface area (Å²) in [5, 5.41) is 0. The largest absolute Gasteiger partial charge is 0.495 e. The number of primary amides is 1. The zero-order chi connectivity index (χ0) is 14.5. The average molecular weight is 289 g/mol. The molecule has 8 nitrogen and oxygen atoms in total. The van der Waals surface area contributed by atoms with E-state index in [1.807, 2.05) is 0 Å². The summed E-state index contributed by atoms with van der Waals surface area (Å²) in [5.74, 6) is 0.260. The maximum atomic E-state index is 11.9. The number of hydrogen-bond donors (Lipinski definition) is 3. The summed E-state index contributed by atoms with van der Waals surface area (Å²) in [7, 11) is -2.34. The molecule has 0 saturated carbocycles. The van der Waals surface area contributed by atoms with Gasteiger partial charge >= 0.3 is 6.09 Å². The Morgan fingerprint density at radius 2 is 2.11 bits per heavy atom. The summed E-state index contributed by atoms with van der Waals surface area (Å²) in [6, 6.07) is 4.06. The molecular formula is C10H15N3O5S. The van der Waals surface area contributed by atoms with Crippen molar-refractivity contribution in [3.63, 3.8) is 0 Å². The molecule has 0 bridgehead atoms. The molecule has 0 spiro atoms. The standard InChI is InChI=1S/C10H15N3O5S/c1-17-9-6-7(2-3-8(9)11)19(15,16)13-4-5-18-10(12)14/h2-3,6,13H,4-5,11H2,1H3,(H2,12,14). The van der Waals surface area contributed by atoms with Gasteiger partial charge in [0, 0.05) is 12.6 Å². The molecule has 19 heavy (non-hydrogen) atoms. The molecule has 5 N–H and O–H groups in total. The van der Waals surface area contributed by atoms with Crippen LogP contribution in [0.15, 0.2) is 23.1 Å². The van der Waals surface area contributed by atoms with Crippen molar-refractivity contribution in [3.05, 3.63) is 18.2 Å². The van der Waals surface area contributed by atoms with Gasteiger partial charge in [-0.15, -0.1) is 0 Å². The molecule has 0 aliphatic carbocycles. The normalized spacial score (nSPS) is 11.0. The van der Waals surface area contributed by atoms with E-state index >= 15 is 0 Å². The van der Waals surface area contributed by atoms with Crippen molar-refractivity contribution in [2.75, 3.05) is 26.0 Å². The zero-order valence-electron chi connectivity index (χ0n) is 10.3. The minimum absolute atomic E-state index is 0.00220. The summed E-state index contributed by atoms with van der Waals surface area (Å²) < 4.78 is 35.3. The molecule has 0 aromatic heterocycles. The van der Waals surface area contributed by atoms with Crippen LogP contribution in [0.1, 0.15) is 0 Å². The fraction of sp³-hybridized carbons (Fsp3) is 0.300. The number of carbonyl (C=O) groups is 1. The number of ether oxygens (including phenoxy) is 2. The highest BCUT2D eigenvalue weighted by molar-refractivity contribution is 7.89. The lowest BCUT2D eigenvalue weighted by atomic mass is 10.3. The van der Waals surface area contributed by atoms with E-state index in [2.05, 4.69) is 9.46 Å². The number of benzene rings is 1. The molecule has 106 valence electrons. The number of carbonyl (C=O) groups excluding carboxylic acids is 1. The smallest absolute Gasteiger partial charge is 0.404 e. The molecule has 1 rings (SSSR count). The predicted molar refractivity (Wildman–Crippen MR) is 68.1 cm³/mol. The first-order valence-electron chi connectivity index (χ1n) is 5.22. The maximum absolute atomic E-state index is 11.9. The minimum atomic E-state index is -3.73. The van der Waals surface area contributed by atoms with Crippen molar-refractivity contribution in [3.8, 4) is 5.75 Å². The average Bonchev–Trinajstić information content (AvgIpc) is 2.35. The Labute approximate surface area is 110 Å². The number of nitrogens with one attached hydrogen (secondary N) is 1. The number of sulfonamides is 1. The van der Waals surface area contributed by atoms with Crippen LogP contribution in [-0.4, -0.2) is 34.8 Å². The molecule has 0 aliphatic heterocycles. The van der Waals surface area contributed by atoms with Crippen molar-refractivity contribution in [1.82, 2.24) is 4.72 Å². The Morgan fingerprint density at radius 3 is 2.68 bits per heavy atom. The van der Waals surface area contributed by atoms with Crippen LogP contribution in [0.3, 0.4) is 0 Å². The number of amides is 1. The summed E-state index contributed by atoms with van der Waals surface area (Å²) in [4.78, 5) is 10.3. The molecule has 0 unspecified atom stereocenters. The van der Waals surface area contributed by atoms with E-state index in [9.17, 15) is 13.2 Å². The summed E-state index contributed by atoms with van der Waals surface area (Å²) in [6.07, 6.45) is -0.964. The zero-order valence-corrected chi connectivity index (χ0v) is 11.1. The van der Waals surface area contributed by atoms with E-state index in [4.69, 9.17) is 16.2 Å². The number of methoxy groups -OCH3 is 1. The fourth-order valence-corrected chi connectivity index (χ4v) is 2.30. The van der Waals surface area contributed by atoms with Gasteiger partial charge in [0.15, 0.2) is 0 Å². The molecule has 0 radical (unpaired) electrons. The number of anilines is 1. The quantitative estimate of drug-likeness (QED) is 0.484. The van der Waals surface area contributed by atoms with E-state index in [1.165, 1.54) is 25.3 Å². The predicted octanol–water partition coefficient (Wildman–Crippen LogP) is -0.349. The third-order valence-corrected chi connectivity index (χ3v) is 3.61. The SMILES string of the molecule is COc1cc(S(=O)(=O)NCCOC(N)=O)ccc1N. The van der Waals surface area contributed by atoms with Crippen LogP contribution in [0, 0.1) is 0 Å². The maximum Gasteiger partial charge on any atom is 0.404 e. The second-order valence-electron chi connectivity index (χ2n) is 3.47. The van der Waals surface area contributed by atoms with Crippen molar-refractivity contribution >= 4 is 21.8 Å². The van der Waals surface area contributed by atoms with Gasteiger partial charge in [0.05, 0.1) is 17.7 Å². The third kappa shape index (κ3) is 4.30. The van der Waals surface area contributed by atoms with Crippen molar-refractivity contribution in [2.24, 2.45) is 5.73 Å². The molecule has 9 heteroatoms. The number of nitrogen functional groups attached to an aromatic ring is 1. The van der Waals surface area contributed by atoms with Gasteiger partial charge in [0.1, 0.15) is 12.4 Å². The first-order valence-corrected chi connectivity index (χ1v) is 6.70. The number of nitrogens with two attached hydrogens (primary N) is 2. The highest BCUT2D eigenvalue weighted by Crippen LogP contribution is 2.24. The Bertz CT molecular complexity index is 558. The molecule has 0 atom stereocenters. The molecule has 0 heterocycles. The Kier molecular flexibility index (Phi) is 4.95. The van der Waals surface area contributed by atoms with Gasteiger partial charge in [-0.2, -0.15) is 0 Å². The second-order valence-corrected chi connectivity index (χ2v) is 5.24. The van der Waals surface area contributed by atoms with Crippen LogP contribution >= 0.6 is 0 Å². The number of rotatable bonds is 6. The van der Waals surface area contributed by atoms with Gasteiger partial charge in [-0.25, -0.2) is 17.9 Å². The lowest BCUT2D eigenvalue weighted by molar-refractivity contribution is 0.159. The van der Waals surface area contributed by atoms with E-state index in [1.54, 1.807) is 0 Å². The van der Waals surface area contributed by atoms with Crippen LogP contribution in [0.2, 0.25) is 0 Å². The first-order chi connectivity index (χ1) is 8.86. The van der Waals surface area contributed by atoms with E-state index in [0.29, 0.717) is 5.69 Å². The van der Waals surface area contributed by atoms with Gasteiger partial charge in [-0.05, 0) is 12.1 Å². The Morgan fingerprint density at radius 1 is 1.42 bits per heavy atom. The van der Waals surface area contributed by atoms with Crippen LogP contribution in [0.5, 0.6) is 5.75 Å². The molecular weight excluding hydrogens is 274 g/mol. The summed E-state index contributed by atoms with van der Waals surface area (Å²) in [5.41, 5.74) is 10.7. The molecule has 0 saturated heterocycles. The van der Waals surface area contributed by atoms with Gasteiger partial charge in [-0.3, -0.25) is 0 Å². The monoisotopic (exact) mass is 289 g/mol. The summed E-state index contributed by atoms with van der Waals surface area (Å²) >= 11 is 0. The van der Waals surface area contributed by atoms with Gasteiger partial charge in [-0.1, -0.05) is 0 Å². The molecule has 1 aromatic rings. The Hall–Kier alpha value is -2.00. The fourth-order valence-electron chi connectivity index (χ4n) is 1.27. The Balaban J connectivity index is 2.74. The lowest BCUT2D eigenvalue weighted by Gasteiger charge is -2.09. The first kappa shape index (κ1) is 15.1. The lowest BCUT2D eigenvalue weighted by Crippen LogP contribution is -2.29. The molecule has 1 aromatic carbocycles. The van der Waals surface area contributed by atoms with Crippen molar-refractivity contribution in [2.45, 2.75) is 4.90 Å². The minimum Gasteiger partial charge on any atom is -0.495 e. The van der Waals surface area contributed by atoms with Gasteiger partial charge in [0.2, 0.25) is 10.0 Å². The second kappa shape index (κ2) is 6.25. The van der Waals surface area contributed by atoms with E-state index in [0.717, 1.165) is 0 Å². The van der Waals surface area contributed by atoms with Crippen LogP contribution in [0.25, 0.3) is 0 Å². The summed E-state index contributed by atoms with van der Waals surface area (Å²) in [6.45, 7) is -0.237. The van der Waals surface area contributed by atoms with Gasteiger partial charge < -0.3 is 20.9 Å². The van der Waals surface area contributed by atoms with Gasteiger partial charge in [0.25, 0.3) is 0 Å². The highest BCUT2D eigenvalue weighted by Gasteiger charge is 2.15. The molecule has 1 amide bonds. The van der Waals surface area contributed by atoms with Crippen LogP contribution < -0.4 is 20.9 Å². The highest BCUT2D eigenvalue weighted by atomic mass is 32.2.